The Morgan fingerprint density at radius 2 is 2.17 bits per heavy atom. The smallest absolute Gasteiger partial charge is 0.354 e. The number of furan rings is 1. The summed E-state index contributed by atoms with van der Waals surface area (Å²) in [7, 11) is 0. The average molecular weight is 320 g/mol. The number of hydrogen-bond acceptors (Lipinski definition) is 8. The van der Waals surface area contributed by atoms with E-state index in [-0.39, 0.29) is 23.1 Å². The molecule has 2 heterocycles. The molecule has 0 saturated carbocycles. The fourth-order valence-corrected chi connectivity index (χ4v) is 1.74. The number of nitrogens with zero attached hydrogens (tertiary/aromatic N) is 3. The Hall–Kier alpha value is -3.17. The zero-order valence-electron chi connectivity index (χ0n) is 12.4. The quantitative estimate of drug-likeness (QED) is 0.381. The normalized spacial score (nSPS) is 10.1. The second-order valence-corrected chi connectivity index (χ2v) is 4.51. The molecule has 0 atom stereocenters. The minimum absolute atomic E-state index is 0.0653. The van der Waals surface area contributed by atoms with Crippen LogP contribution >= 0.6 is 0 Å². The third-order valence-electron chi connectivity index (χ3n) is 2.87. The molecule has 1 amide bonds. The summed E-state index contributed by atoms with van der Waals surface area (Å²) < 4.78 is 4.92. The SMILES string of the molecule is CCCCNc1ncnc(NNC(=O)c2ccco2)c1[N+](=O)[O-]. The van der Waals surface area contributed by atoms with E-state index in [9.17, 15) is 14.9 Å². The summed E-state index contributed by atoms with van der Waals surface area (Å²) in [4.78, 5) is 30.1. The molecular formula is C13H16N6O4. The number of nitro groups is 1. The Kier molecular flexibility index (Phi) is 5.45. The number of unbranched alkanes of at least 4 members (excludes halogenated alkanes) is 1. The van der Waals surface area contributed by atoms with Crippen LogP contribution in [-0.2, 0) is 0 Å². The molecule has 10 nitrogen and oxygen atoms in total. The molecule has 0 unspecified atom stereocenters. The number of hydrazine groups is 1. The van der Waals surface area contributed by atoms with Crippen LogP contribution in [0.3, 0.4) is 0 Å². The van der Waals surface area contributed by atoms with E-state index in [0.29, 0.717) is 6.54 Å². The number of anilines is 2. The zero-order chi connectivity index (χ0) is 16.7. The van der Waals surface area contributed by atoms with E-state index in [2.05, 4.69) is 26.1 Å². The summed E-state index contributed by atoms with van der Waals surface area (Å²) in [6.45, 7) is 2.56. The van der Waals surface area contributed by atoms with Gasteiger partial charge in [-0.1, -0.05) is 13.3 Å². The summed E-state index contributed by atoms with van der Waals surface area (Å²) in [5, 5.41) is 14.2. The van der Waals surface area contributed by atoms with Crippen molar-refractivity contribution in [2.24, 2.45) is 0 Å². The molecule has 2 aromatic heterocycles. The largest absolute Gasteiger partial charge is 0.459 e. The van der Waals surface area contributed by atoms with Gasteiger partial charge in [-0.25, -0.2) is 9.97 Å². The molecule has 0 aliphatic heterocycles. The van der Waals surface area contributed by atoms with E-state index in [1.165, 1.54) is 18.7 Å². The highest BCUT2D eigenvalue weighted by Crippen LogP contribution is 2.28. The molecule has 0 aliphatic rings. The maximum atomic E-state index is 11.8. The fraction of sp³-hybridized carbons (Fsp3) is 0.308. The molecule has 0 fully saturated rings. The number of carbonyl (C=O) groups excluding carboxylic acids is 1. The second-order valence-electron chi connectivity index (χ2n) is 4.51. The highest BCUT2D eigenvalue weighted by atomic mass is 16.6. The Bertz CT molecular complexity index is 673. The van der Waals surface area contributed by atoms with Gasteiger partial charge in [-0.3, -0.25) is 25.8 Å². The van der Waals surface area contributed by atoms with Crippen molar-refractivity contribution in [3.8, 4) is 0 Å². The Labute approximate surface area is 131 Å². The van der Waals surface area contributed by atoms with E-state index in [1.807, 2.05) is 6.92 Å². The van der Waals surface area contributed by atoms with Crippen LogP contribution in [-0.4, -0.2) is 27.3 Å². The van der Waals surface area contributed by atoms with Gasteiger partial charge in [0.1, 0.15) is 6.33 Å². The molecule has 3 N–H and O–H groups in total. The van der Waals surface area contributed by atoms with Crippen molar-refractivity contribution < 1.29 is 14.1 Å². The van der Waals surface area contributed by atoms with Crippen LogP contribution in [0.1, 0.15) is 30.3 Å². The number of aromatic nitrogens is 2. The summed E-state index contributed by atoms with van der Waals surface area (Å²) >= 11 is 0. The maximum Gasteiger partial charge on any atom is 0.354 e. The summed E-state index contributed by atoms with van der Waals surface area (Å²) in [5.41, 5.74) is 4.36. The summed E-state index contributed by atoms with van der Waals surface area (Å²) in [5.74, 6) is -0.545. The number of rotatable bonds is 8. The van der Waals surface area contributed by atoms with E-state index in [4.69, 9.17) is 4.42 Å². The predicted octanol–water partition coefficient (Wildman–Crippen LogP) is 1.95. The predicted molar refractivity (Wildman–Crippen MR) is 81.9 cm³/mol. The fourth-order valence-electron chi connectivity index (χ4n) is 1.74. The highest BCUT2D eigenvalue weighted by Gasteiger charge is 2.23. The molecule has 2 aromatic rings. The van der Waals surface area contributed by atoms with E-state index in [1.54, 1.807) is 6.07 Å². The van der Waals surface area contributed by atoms with Crippen LogP contribution in [0.25, 0.3) is 0 Å². The van der Waals surface area contributed by atoms with Gasteiger partial charge < -0.3 is 9.73 Å². The number of hydrogen-bond donors (Lipinski definition) is 3. The van der Waals surface area contributed by atoms with Crippen LogP contribution < -0.4 is 16.2 Å². The van der Waals surface area contributed by atoms with Gasteiger partial charge in [0.05, 0.1) is 11.2 Å². The highest BCUT2D eigenvalue weighted by molar-refractivity contribution is 5.92. The van der Waals surface area contributed by atoms with Crippen LogP contribution in [0, 0.1) is 10.1 Å². The Morgan fingerprint density at radius 1 is 1.39 bits per heavy atom. The first-order chi connectivity index (χ1) is 11.1. The van der Waals surface area contributed by atoms with Gasteiger partial charge in [0, 0.05) is 6.54 Å². The number of carbonyl (C=O) groups is 1. The number of nitrogens with one attached hydrogen (secondary N) is 3. The molecular weight excluding hydrogens is 304 g/mol. The van der Waals surface area contributed by atoms with Crippen molar-refractivity contribution in [1.82, 2.24) is 15.4 Å². The maximum absolute atomic E-state index is 11.8. The zero-order valence-corrected chi connectivity index (χ0v) is 12.4. The molecule has 2 rings (SSSR count). The van der Waals surface area contributed by atoms with E-state index in [0.717, 1.165) is 12.8 Å². The first-order valence-corrected chi connectivity index (χ1v) is 6.96. The summed E-state index contributed by atoms with van der Waals surface area (Å²) in [6.07, 6.45) is 4.30. The third kappa shape index (κ3) is 4.15. The van der Waals surface area contributed by atoms with Crippen molar-refractivity contribution in [1.29, 1.82) is 0 Å². The molecule has 0 spiro atoms. The number of amides is 1. The van der Waals surface area contributed by atoms with Crippen molar-refractivity contribution in [2.75, 3.05) is 17.3 Å². The lowest BCUT2D eigenvalue weighted by Crippen LogP contribution is -2.30. The first kappa shape index (κ1) is 16.2. The van der Waals surface area contributed by atoms with Gasteiger partial charge in [-0.05, 0) is 18.6 Å². The van der Waals surface area contributed by atoms with Gasteiger partial charge in [0.15, 0.2) is 5.76 Å². The van der Waals surface area contributed by atoms with Crippen LogP contribution in [0.5, 0.6) is 0 Å². The van der Waals surface area contributed by atoms with Crippen molar-refractivity contribution in [3.63, 3.8) is 0 Å². The topological polar surface area (TPSA) is 135 Å². The Balaban J connectivity index is 2.12. The van der Waals surface area contributed by atoms with Crippen molar-refractivity contribution in [3.05, 3.63) is 40.6 Å². The second kappa shape index (κ2) is 7.73. The molecule has 0 aromatic carbocycles. The van der Waals surface area contributed by atoms with Gasteiger partial charge in [0.25, 0.3) is 0 Å². The third-order valence-corrected chi connectivity index (χ3v) is 2.87. The van der Waals surface area contributed by atoms with Gasteiger partial charge in [-0.15, -0.1) is 0 Å². The van der Waals surface area contributed by atoms with Crippen molar-refractivity contribution in [2.45, 2.75) is 19.8 Å². The molecule has 0 saturated heterocycles. The molecule has 23 heavy (non-hydrogen) atoms. The monoisotopic (exact) mass is 320 g/mol. The lowest BCUT2D eigenvalue weighted by molar-refractivity contribution is -0.383. The van der Waals surface area contributed by atoms with Gasteiger partial charge in [-0.2, -0.15) is 0 Å². The van der Waals surface area contributed by atoms with E-state index < -0.39 is 10.8 Å². The van der Waals surface area contributed by atoms with Crippen LogP contribution in [0.15, 0.2) is 29.1 Å². The molecule has 0 radical (unpaired) electrons. The summed E-state index contributed by atoms with van der Waals surface area (Å²) in [6, 6.07) is 3.01. The van der Waals surface area contributed by atoms with Crippen molar-refractivity contribution >= 4 is 23.2 Å². The van der Waals surface area contributed by atoms with E-state index >= 15 is 0 Å². The van der Waals surface area contributed by atoms with Crippen LogP contribution in [0.4, 0.5) is 17.3 Å². The minimum atomic E-state index is -0.615. The standard InChI is InChI=1S/C13H16N6O4/c1-2-3-6-14-11-10(19(21)22)12(16-8-15-11)17-18-13(20)9-5-4-7-23-9/h4-5,7-8H,2-3,6H2,1H3,(H,18,20)(H2,14,15,16,17). The Morgan fingerprint density at radius 3 is 2.83 bits per heavy atom. The van der Waals surface area contributed by atoms with Gasteiger partial charge in [0.2, 0.25) is 11.6 Å². The first-order valence-electron chi connectivity index (χ1n) is 6.96. The lowest BCUT2D eigenvalue weighted by atomic mass is 10.3. The average Bonchev–Trinajstić information content (AvgIpc) is 3.07. The lowest BCUT2D eigenvalue weighted by Gasteiger charge is -2.10. The molecule has 0 bridgehead atoms. The van der Waals surface area contributed by atoms with Gasteiger partial charge >= 0.3 is 11.6 Å². The molecule has 0 aliphatic carbocycles. The van der Waals surface area contributed by atoms with Crippen LogP contribution in [0.2, 0.25) is 0 Å². The molecule has 122 valence electrons. The minimum Gasteiger partial charge on any atom is -0.459 e. The molecule has 10 heteroatoms.